The van der Waals surface area contributed by atoms with Crippen molar-refractivity contribution in [2.24, 2.45) is 0 Å². The van der Waals surface area contributed by atoms with E-state index in [1.54, 1.807) is 6.20 Å². The first-order valence-electron chi connectivity index (χ1n) is 4.76. The van der Waals surface area contributed by atoms with Crippen LogP contribution in [0.3, 0.4) is 0 Å². The predicted octanol–water partition coefficient (Wildman–Crippen LogP) is 1.55. The lowest BCUT2D eigenvalue weighted by molar-refractivity contribution is 0.378. The van der Waals surface area contributed by atoms with Crippen molar-refractivity contribution < 1.29 is 0 Å². The predicted molar refractivity (Wildman–Crippen MR) is 58.1 cm³/mol. The third-order valence-electron chi connectivity index (χ3n) is 2.26. The van der Waals surface area contributed by atoms with Crippen molar-refractivity contribution >= 4 is 5.82 Å². The zero-order valence-corrected chi connectivity index (χ0v) is 8.04. The van der Waals surface area contributed by atoms with Crippen molar-refractivity contribution in [3.05, 3.63) is 60.7 Å². The molecule has 0 spiro atoms. The fourth-order valence-electron chi connectivity index (χ4n) is 1.54. The fraction of sp³-hybridized carbons (Fsp3) is 0. The number of hydrogen-bond acceptors (Lipinski definition) is 4. The molecule has 0 radical (unpaired) electrons. The molecule has 1 N–H and O–H groups in total. The minimum atomic E-state index is 0.876. The summed E-state index contributed by atoms with van der Waals surface area (Å²) in [4.78, 5) is 4.26. The summed E-state index contributed by atoms with van der Waals surface area (Å²) in [7, 11) is 0. The highest BCUT2D eigenvalue weighted by molar-refractivity contribution is 5.45. The van der Waals surface area contributed by atoms with Gasteiger partial charge in [0.05, 0.1) is 11.9 Å². The largest absolute Gasteiger partial charge is 0.265 e. The Morgan fingerprint density at radius 2 is 2.13 bits per heavy atom. The molecule has 3 rings (SSSR count). The molecule has 1 aromatic rings. The van der Waals surface area contributed by atoms with E-state index in [1.165, 1.54) is 0 Å². The molecule has 3 heterocycles. The summed E-state index contributed by atoms with van der Waals surface area (Å²) >= 11 is 0. The lowest BCUT2D eigenvalue weighted by atomic mass is 10.3. The van der Waals surface area contributed by atoms with E-state index in [9.17, 15) is 0 Å². The van der Waals surface area contributed by atoms with Crippen molar-refractivity contribution in [2.45, 2.75) is 0 Å². The molecule has 0 amide bonds. The standard InChI is InChI=1S/C11H10N4/c1-3-7-12-11(6-1)15-9-10-5-2-4-8-14(10)13-15/h1-9,13H. The number of allylic oxidation sites excluding steroid dienone is 3. The summed E-state index contributed by atoms with van der Waals surface area (Å²) in [5.41, 5.74) is 4.28. The monoisotopic (exact) mass is 198 g/mol. The van der Waals surface area contributed by atoms with Crippen LogP contribution in [-0.2, 0) is 0 Å². The van der Waals surface area contributed by atoms with E-state index in [2.05, 4.69) is 10.5 Å². The first-order valence-corrected chi connectivity index (χ1v) is 4.76. The van der Waals surface area contributed by atoms with Gasteiger partial charge in [0.1, 0.15) is 5.82 Å². The SMILES string of the molecule is C1=CC2=CN(c3ccccn3)NN2C=C1. The molecule has 2 aliphatic heterocycles. The van der Waals surface area contributed by atoms with Crippen molar-refractivity contribution in [1.82, 2.24) is 15.5 Å². The quantitative estimate of drug-likeness (QED) is 0.741. The Balaban J connectivity index is 1.91. The lowest BCUT2D eigenvalue weighted by Gasteiger charge is -2.20. The van der Waals surface area contributed by atoms with Gasteiger partial charge in [0.2, 0.25) is 0 Å². The zero-order chi connectivity index (χ0) is 10.1. The fourth-order valence-corrected chi connectivity index (χ4v) is 1.54. The third-order valence-corrected chi connectivity index (χ3v) is 2.26. The summed E-state index contributed by atoms with van der Waals surface area (Å²) in [5, 5.41) is 3.82. The number of nitrogens with zero attached hydrogens (tertiary/aromatic N) is 3. The number of hydrogen-bond donors (Lipinski definition) is 1. The molecular formula is C11H10N4. The van der Waals surface area contributed by atoms with Gasteiger partial charge in [0.15, 0.2) is 0 Å². The number of aromatic nitrogens is 1. The van der Waals surface area contributed by atoms with Crippen LogP contribution in [0.2, 0.25) is 0 Å². The van der Waals surface area contributed by atoms with E-state index >= 15 is 0 Å². The van der Waals surface area contributed by atoms with Gasteiger partial charge in [0.25, 0.3) is 0 Å². The molecule has 0 aliphatic carbocycles. The number of fused-ring (bicyclic) bond motifs is 1. The van der Waals surface area contributed by atoms with E-state index in [4.69, 9.17) is 0 Å². The molecule has 74 valence electrons. The van der Waals surface area contributed by atoms with Crippen LogP contribution in [0.5, 0.6) is 0 Å². The molecule has 0 saturated heterocycles. The zero-order valence-electron chi connectivity index (χ0n) is 8.04. The summed E-state index contributed by atoms with van der Waals surface area (Å²) in [6, 6.07) is 5.82. The highest BCUT2D eigenvalue weighted by Gasteiger charge is 2.19. The first kappa shape index (κ1) is 8.26. The van der Waals surface area contributed by atoms with Crippen LogP contribution < -0.4 is 10.5 Å². The Bertz CT molecular complexity index is 447. The number of pyridine rings is 1. The second-order valence-electron chi connectivity index (χ2n) is 3.28. The molecule has 0 atom stereocenters. The maximum atomic E-state index is 4.26. The van der Waals surface area contributed by atoms with E-state index < -0.39 is 0 Å². The Hall–Kier alpha value is -2.07. The van der Waals surface area contributed by atoms with E-state index in [0.717, 1.165) is 11.5 Å². The second-order valence-corrected chi connectivity index (χ2v) is 3.28. The van der Waals surface area contributed by atoms with Gasteiger partial charge in [-0.2, -0.15) is 0 Å². The average Bonchev–Trinajstić information content (AvgIpc) is 2.74. The number of nitrogens with one attached hydrogen (secondary N) is 1. The Morgan fingerprint density at radius 1 is 1.13 bits per heavy atom. The topological polar surface area (TPSA) is 31.4 Å². The summed E-state index contributed by atoms with van der Waals surface area (Å²) in [5.74, 6) is 0.876. The number of hydrazine groups is 2. The number of rotatable bonds is 1. The highest BCUT2D eigenvalue weighted by Crippen LogP contribution is 2.20. The second kappa shape index (κ2) is 3.25. The van der Waals surface area contributed by atoms with E-state index in [1.807, 2.05) is 58.8 Å². The van der Waals surface area contributed by atoms with Crippen molar-refractivity contribution in [1.29, 1.82) is 0 Å². The van der Waals surface area contributed by atoms with Crippen molar-refractivity contribution in [3.63, 3.8) is 0 Å². The highest BCUT2D eigenvalue weighted by atomic mass is 15.8. The van der Waals surface area contributed by atoms with Crippen LogP contribution >= 0.6 is 0 Å². The maximum absolute atomic E-state index is 4.26. The molecule has 0 bridgehead atoms. The van der Waals surface area contributed by atoms with Crippen LogP contribution in [0, 0.1) is 0 Å². The van der Waals surface area contributed by atoms with Gasteiger partial charge in [-0.1, -0.05) is 12.1 Å². The third kappa shape index (κ3) is 1.41. The van der Waals surface area contributed by atoms with E-state index in [0.29, 0.717) is 0 Å². The van der Waals surface area contributed by atoms with Gasteiger partial charge in [-0.15, -0.1) is 5.53 Å². The van der Waals surface area contributed by atoms with Crippen molar-refractivity contribution in [3.8, 4) is 0 Å². The molecule has 4 nitrogen and oxygen atoms in total. The van der Waals surface area contributed by atoms with Crippen molar-refractivity contribution in [2.75, 3.05) is 5.01 Å². The summed E-state index contributed by atoms with van der Waals surface area (Å²) in [6.07, 6.45) is 11.8. The molecule has 2 aliphatic rings. The summed E-state index contributed by atoms with van der Waals surface area (Å²) in [6.45, 7) is 0. The van der Waals surface area contributed by atoms with Crippen LogP contribution in [0.4, 0.5) is 5.82 Å². The molecular weight excluding hydrogens is 188 g/mol. The Morgan fingerprint density at radius 3 is 2.93 bits per heavy atom. The summed E-state index contributed by atoms with van der Waals surface area (Å²) < 4.78 is 0. The van der Waals surface area contributed by atoms with Crippen LogP contribution in [0.15, 0.2) is 60.7 Å². The molecule has 4 heteroatoms. The molecule has 0 unspecified atom stereocenters. The minimum Gasteiger partial charge on any atom is -0.265 e. The van der Waals surface area contributed by atoms with Crippen LogP contribution in [0.25, 0.3) is 0 Å². The molecule has 0 saturated carbocycles. The lowest BCUT2D eigenvalue weighted by Crippen LogP contribution is -2.37. The van der Waals surface area contributed by atoms with Gasteiger partial charge in [-0.3, -0.25) is 5.01 Å². The first-order chi connectivity index (χ1) is 7.43. The minimum absolute atomic E-state index is 0.876. The average molecular weight is 198 g/mol. The van der Waals surface area contributed by atoms with E-state index in [-0.39, 0.29) is 0 Å². The molecule has 15 heavy (non-hydrogen) atoms. The maximum Gasteiger partial charge on any atom is 0.148 e. The Labute approximate surface area is 87.8 Å². The molecule has 0 fully saturated rings. The Kier molecular flexibility index (Phi) is 1.79. The van der Waals surface area contributed by atoms with Gasteiger partial charge >= 0.3 is 0 Å². The van der Waals surface area contributed by atoms with Gasteiger partial charge in [0, 0.05) is 12.4 Å². The molecule has 0 aromatic carbocycles. The van der Waals surface area contributed by atoms with Crippen LogP contribution in [-0.4, -0.2) is 9.99 Å². The van der Waals surface area contributed by atoms with Gasteiger partial charge in [-0.05, 0) is 24.3 Å². The normalized spacial score (nSPS) is 18.0. The smallest absolute Gasteiger partial charge is 0.148 e. The van der Waals surface area contributed by atoms with Gasteiger partial charge < -0.3 is 0 Å². The number of anilines is 1. The van der Waals surface area contributed by atoms with Crippen LogP contribution in [0.1, 0.15) is 0 Å². The van der Waals surface area contributed by atoms with Gasteiger partial charge in [-0.25, -0.2) is 9.99 Å². The molecule has 1 aromatic heterocycles.